The summed E-state index contributed by atoms with van der Waals surface area (Å²) in [6, 6.07) is 6.99. The van der Waals surface area contributed by atoms with Gasteiger partial charge >= 0.3 is 0 Å². The fraction of sp³-hybridized carbons (Fsp3) is 0.389. The minimum absolute atomic E-state index is 0. The van der Waals surface area contributed by atoms with Crippen LogP contribution in [0.3, 0.4) is 0 Å². The van der Waals surface area contributed by atoms with Gasteiger partial charge in [0, 0.05) is 30.7 Å². The maximum absolute atomic E-state index is 12.1. The standard InChI is InChI=1S/C18H24ClN5OS.HI/c1-3-13-11-23-16(26-13)12-24-18(20-4-2)22-10-9-21-17(25)14-7-5-6-8-15(14)19;/h5-8,11H,3-4,9-10,12H2,1-2H3,(H,21,25)(H2,20,22,24);1H. The average Bonchev–Trinajstić information content (AvgIpc) is 3.11. The van der Waals surface area contributed by atoms with Crippen LogP contribution in [0.5, 0.6) is 0 Å². The number of aromatic nitrogens is 1. The highest BCUT2D eigenvalue weighted by atomic mass is 127. The molecule has 0 aliphatic carbocycles. The molecule has 3 N–H and O–H groups in total. The highest BCUT2D eigenvalue weighted by Crippen LogP contribution is 2.14. The van der Waals surface area contributed by atoms with Crippen molar-refractivity contribution < 1.29 is 4.79 Å². The topological polar surface area (TPSA) is 78.4 Å². The Labute approximate surface area is 186 Å². The number of nitrogens with zero attached hydrogens (tertiary/aromatic N) is 2. The minimum Gasteiger partial charge on any atom is -0.357 e. The van der Waals surface area contributed by atoms with Crippen molar-refractivity contribution in [3.8, 4) is 0 Å². The number of hydrogen-bond donors (Lipinski definition) is 3. The summed E-state index contributed by atoms with van der Waals surface area (Å²) in [5.41, 5.74) is 0.477. The molecule has 1 aromatic heterocycles. The molecule has 2 rings (SSSR count). The molecule has 0 radical (unpaired) electrons. The van der Waals surface area contributed by atoms with Crippen molar-refractivity contribution in [3.63, 3.8) is 0 Å². The fourth-order valence-electron chi connectivity index (χ4n) is 2.17. The van der Waals surface area contributed by atoms with Crippen LogP contribution in [-0.4, -0.2) is 36.5 Å². The Hall–Kier alpha value is -1.39. The SMILES string of the molecule is CCNC(=NCc1ncc(CC)s1)NCCNC(=O)c1ccccc1Cl.I. The van der Waals surface area contributed by atoms with E-state index in [0.29, 0.717) is 36.2 Å². The van der Waals surface area contributed by atoms with Crippen LogP contribution in [0.4, 0.5) is 0 Å². The molecule has 0 bridgehead atoms. The number of hydrogen-bond acceptors (Lipinski definition) is 4. The molecule has 0 spiro atoms. The lowest BCUT2D eigenvalue weighted by Gasteiger charge is -2.12. The molecule has 1 aromatic carbocycles. The second-order valence-electron chi connectivity index (χ2n) is 5.43. The van der Waals surface area contributed by atoms with Crippen LogP contribution in [0.15, 0.2) is 35.5 Å². The molecule has 0 atom stereocenters. The Morgan fingerprint density at radius 1 is 1.19 bits per heavy atom. The molecule has 1 amide bonds. The van der Waals surface area contributed by atoms with E-state index in [9.17, 15) is 4.79 Å². The second-order valence-corrected chi connectivity index (χ2v) is 7.04. The van der Waals surface area contributed by atoms with Crippen molar-refractivity contribution in [2.75, 3.05) is 19.6 Å². The van der Waals surface area contributed by atoms with Crippen molar-refractivity contribution in [1.29, 1.82) is 0 Å². The summed E-state index contributed by atoms with van der Waals surface area (Å²) in [6.07, 6.45) is 2.89. The molecule has 27 heavy (non-hydrogen) atoms. The fourth-order valence-corrected chi connectivity index (χ4v) is 3.18. The molecule has 0 unspecified atom stereocenters. The van der Waals surface area contributed by atoms with Crippen molar-refractivity contribution >= 4 is 58.8 Å². The van der Waals surface area contributed by atoms with E-state index in [1.807, 2.05) is 13.1 Å². The summed E-state index contributed by atoms with van der Waals surface area (Å²) in [5, 5.41) is 10.7. The first-order valence-corrected chi connectivity index (χ1v) is 9.82. The number of aryl methyl sites for hydroxylation is 1. The van der Waals surface area contributed by atoms with E-state index in [1.54, 1.807) is 35.6 Å². The average molecular weight is 522 g/mol. The van der Waals surface area contributed by atoms with E-state index in [-0.39, 0.29) is 29.9 Å². The summed E-state index contributed by atoms with van der Waals surface area (Å²) in [7, 11) is 0. The number of thiazole rings is 1. The van der Waals surface area contributed by atoms with E-state index in [2.05, 4.69) is 32.9 Å². The minimum atomic E-state index is -0.186. The predicted molar refractivity (Wildman–Crippen MR) is 124 cm³/mol. The summed E-state index contributed by atoms with van der Waals surface area (Å²) < 4.78 is 0. The van der Waals surface area contributed by atoms with Gasteiger partial charge in [0.1, 0.15) is 5.01 Å². The largest absolute Gasteiger partial charge is 0.357 e. The van der Waals surface area contributed by atoms with E-state index in [1.165, 1.54) is 4.88 Å². The highest BCUT2D eigenvalue weighted by molar-refractivity contribution is 14.0. The number of aliphatic imine (C=N–C) groups is 1. The van der Waals surface area contributed by atoms with Gasteiger partial charge in [-0.3, -0.25) is 4.79 Å². The van der Waals surface area contributed by atoms with Crippen LogP contribution < -0.4 is 16.0 Å². The number of rotatable bonds is 8. The third-order valence-corrected chi connectivity index (χ3v) is 4.94. The third kappa shape index (κ3) is 8.02. The molecule has 0 saturated carbocycles. The Morgan fingerprint density at radius 3 is 2.59 bits per heavy atom. The molecule has 0 aliphatic rings. The smallest absolute Gasteiger partial charge is 0.252 e. The number of guanidine groups is 1. The molecule has 9 heteroatoms. The van der Waals surface area contributed by atoms with Gasteiger partial charge in [0.25, 0.3) is 5.91 Å². The lowest BCUT2D eigenvalue weighted by molar-refractivity contribution is 0.0954. The van der Waals surface area contributed by atoms with Crippen molar-refractivity contribution in [2.45, 2.75) is 26.8 Å². The maximum Gasteiger partial charge on any atom is 0.252 e. The highest BCUT2D eigenvalue weighted by Gasteiger charge is 2.08. The van der Waals surface area contributed by atoms with Gasteiger partial charge in [-0.25, -0.2) is 9.98 Å². The van der Waals surface area contributed by atoms with Gasteiger partial charge < -0.3 is 16.0 Å². The van der Waals surface area contributed by atoms with Gasteiger partial charge in [-0.2, -0.15) is 0 Å². The summed E-state index contributed by atoms with van der Waals surface area (Å²) in [6.45, 7) is 6.44. The third-order valence-electron chi connectivity index (χ3n) is 3.49. The van der Waals surface area contributed by atoms with Crippen LogP contribution in [0, 0.1) is 0 Å². The summed E-state index contributed by atoms with van der Waals surface area (Å²) >= 11 is 7.71. The molecule has 2 aromatic rings. The predicted octanol–water partition coefficient (Wildman–Crippen LogP) is 3.46. The van der Waals surface area contributed by atoms with Gasteiger partial charge in [0.15, 0.2) is 5.96 Å². The quantitative estimate of drug-likeness (QED) is 0.215. The Morgan fingerprint density at radius 2 is 1.93 bits per heavy atom. The van der Waals surface area contributed by atoms with Gasteiger partial charge in [-0.15, -0.1) is 35.3 Å². The Bertz CT molecular complexity index is 753. The van der Waals surface area contributed by atoms with E-state index >= 15 is 0 Å². The first kappa shape index (κ1) is 23.6. The Balaban J connectivity index is 0.00000364. The zero-order chi connectivity index (χ0) is 18.8. The number of nitrogens with one attached hydrogen (secondary N) is 3. The zero-order valence-corrected chi connectivity index (χ0v) is 19.3. The Kier molecular flexibility index (Phi) is 11.3. The normalized spacial score (nSPS) is 10.9. The number of benzene rings is 1. The van der Waals surface area contributed by atoms with E-state index in [4.69, 9.17) is 11.6 Å². The van der Waals surface area contributed by atoms with Gasteiger partial charge in [0.05, 0.1) is 17.1 Å². The van der Waals surface area contributed by atoms with E-state index < -0.39 is 0 Å². The van der Waals surface area contributed by atoms with Crippen molar-refractivity contribution in [1.82, 2.24) is 20.9 Å². The first-order chi connectivity index (χ1) is 12.6. The molecule has 6 nitrogen and oxygen atoms in total. The van der Waals surface area contributed by atoms with E-state index in [0.717, 1.165) is 18.0 Å². The number of halogens is 2. The number of carbonyl (C=O) groups is 1. The monoisotopic (exact) mass is 521 g/mol. The lowest BCUT2D eigenvalue weighted by Crippen LogP contribution is -2.41. The maximum atomic E-state index is 12.1. The van der Waals surface area contributed by atoms with Crippen LogP contribution >= 0.6 is 46.9 Å². The number of amides is 1. The van der Waals surface area contributed by atoms with Crippen molar-refractivity contribution in [3.05, 3.63) is 50.9 Å². The second kappa shape index (κ2) is 12.9. The summed E-state index contributed by atoms with van der Waals surface area (Å²) in [5.74, 6) is 0.516. The number of carbonyl (C=O) groups excluding carboxylic acids is 1. The molecular weight excluding hydrogens is 497 g/mol. The van der Waals surface area contributed by atoms with Crippen LogP contribution in [-0.2, 0) is 13.0 Å². The molecule has 148 valence electrons. The van der Waals surface area contributed by atoms with Gasteiger partial charge in [0.2, 0.25) is 0 Å². The van der Waals surface area contributed by atoms with Gasteiger partial charge in [-0.1, -0.05) is 30.7 Å². The molecular formula is C18H25ClIN5OS. The molecule has 0 aliphatic heterocycles. The van der Waals surface area contributed by atoms with Gasteiger partial charge in [-0.05, 0) is 25.5 Å². The summed E-state index contributed by atoms with van der Waals surface area (Å²) in [4.78, 5) is 22.3. The molecule has 0 fully saturated rings. The molecule has 1 heterocycles. The van der Waals surface area contributed by atoms with Crippen molar-refractivity contribution in [2.24, 2.45) is 4.99 Å². The molecule has 0 saturated heterocycles. The first-order valence-electron chi connectivity index (χ1n) is 8.62. The lowest BCUT2D eigenvalue weighted by atomic mass is 10.2. The van der Waals surface area contributed by atoms with Crippen LogP contribution in [0.2, 0.25) is 5.02 Å². The zero-order valence-electron chi connectivity index (χ0n) is 15.4. The van der Waals surface area contributed by atoms with Crippen LogP contribution in [0.1, 0.15) is 34.1 Å². The van der Waals surface area contributed by atoms with Crippen LogP contribution in [0.25, 0.3) is 0 Å².